The van der Waals surface area contributed by atoms with Gasteiger partial charge in [0.2, 0.25) is 0 Å². The van der Waals surface area contributed by atoms with Crippen LogP contribution < -0.4 is 11.1 Å². The van der Waals surface area contributed by atoms with Gasteiger partial charge in [0.05, 0.1) is 6.33 Å². The van der Waals surface area contributed by atoms with Crippen LogP contribution in [0.2, 0.25) is 0 Å². The van der Waals surface area contributed by atoms with Gasteiger partial charge in [-0.25, -0.2) is 4.98 Å². The van der Waals surface area contributed by atoms with Gasteiger partial charge in [-0.05, 0) is 12.8 Å². The SMILES string of the molecule is NC(=NCCc1cnc[nH]1)NC1CCCC1. The van der Waals surface area contributed by atoms with E-state index in [9.17, 15) is 0 Å². The molecule has 5 nitrogen and oxygen atoms in total. The largest absolute Gasteiger partial charge is 0.370 e. The number of aliphatic imine (C=N–C) groups is 1. The van der Waals surface area contributed by atoms with Crippen molar-refractivity contribution < 1.29 is 0 Å². The summed E-state index contributed by atoms with van der Waals surface area (Å²) in [5.74, 6) is 0.575. The van der Waals surface area contributed by atoms with E-state index in [1.807, 2.05) is 6.20 Å². The number of aromatic nitrogens is 2. The smallest absolute Gasteiger partial charge is 0.188 e. The average molecular weight is 221 g/mol. The highest BCUT2D eigenvalue weighted by Gasteiger charge is 2.14. The van der Waals surface area contributed by atoms with Gasteiger partial charge in [0, 0.05) is 30.9 Å². The van der Waals surface area contributed by atoms with E-state index < -0.39 is 0 Å². The molecule has 0 unspecified atom stereocenters. The van der Waals surface area contributed by atoms with E-state index in [0.29, 0.717) is 18.5 Å². The van der Waals surface area contributed by atoms with E-state index in [0.717, 1.165) is 12.1 Å². The van der Waals surface area contributed by atoms with Crippen LogP contribution in [0.1, 0.15) is 31.4 Å². The molecule has 4 N–H and O–H groups in total. The molecule has 88 valence electrons. The molecule has 1 aliphatic rings. The van der Waals surface area contributed by atoms with Gasteiger partial charge >= 0.3 is 0 Å². The Morgan fingerprint density at radius 2 is 2.38 bits per heavy atom. The molecule has 1 saturated carbocycles. The molecule has 1 fully saturated rings. The van der Waals surface area contributed by atoms with Crippen molar-refractivity contribution in [2.24, 2.45) is 10.7 Å². The lowest BCUT2D eigenvalue weighted by atomic mass is 10.2. The maximum absolute atomic E-state index is 5.81. The third kappa shape index (κ3) is 3.25. The molecule has 1 aliphatic carbocycles. The number of nitrogens with zero attached hydrogens (tertiary/aromatic N) is 2. The lowest BCUT2D eigenvalue weighted by Crippen LogP contribution is -2.38. The number of hydrogen-bond acceptors (Lipinski definition) is 2. The summed E-state index contributed by atoms with van der Waals surface area (Å²) in [7, 11) is 0. The molecule has 1 aromatic rings. The molecule has 0 spiro atoms. The Kier molecular flexibility index (Phi) is 3.80. The Labute approximate surface area is 95.6 Å². The Balaban J connectivity index is 1.69. The van der Waals surface area contributed by atoms with Crippen LogP contribution in [0.4, 0.5) is 0 Å². The number of hydrogen-bond donors (Lipinski definition) is 3. The monoisotopic (exact) mass is 221 g/mol. The van der Waals surface area contributed by atoms with Crippen LogP contribution in [0, 0.1) is 0 Å². The van der Waals surface area contributed by atoms with Crippen LogP contribution >= 0.6 is 0 Å². The van der Waals surface area contributed by atoms with Crippen molar-refractivity contribution in [2.75, 3.05) is 6.54 Å². The average Bonchev–Trinajstić information content (AvgIpc) is 2.90. The molecular weight excluding hydrogens is 202 g/mol. The highest BCUT2D eigenvalue weighted by molar-refractivity contribution is 5.78. The zero-order valence-electron chi connectivity index (χ0n) is 9.45. The summed E-state index contributed by atoms with van der Waals surface area (Å²) in [6, 6.07) is 0.538. The number of imidazole rings is 1. The maximum atomic E-state index is 5.81. The number of rotatable bonds is 4. The minimum absolute atomic E-state index is 0.538. The molecule has 0 amide bonds. The Morgan fingerprint density at radius 3 is 3.06 bits per heavy atom. The summed E-state index contributed by atoms with van der Waals surface area (Å²) in [4.78, 5) is 11.3. The fourth-order valence-corrected chi connectivity index (χ4v) is 2.04. The summed E-state index contributed by atoms with van der Waals surface area (Å²) in [6.45, 7) is 0.702. The van der Waals surface area contributed by atoms with Crippen molar-refractivity contribution in [1.82, 2.24) is 15.3 Å². The molecule has 16 heavy (non-hydrogen) atoms. The number of nitrogens with two attached hydrogens (primary N) is 1. The lowest BCUT2D eigenvalue weighted by molar-refractivity contribution is 0.625. The predicted molar refractivity (Wildman–Crippen MR) is 64.2 cm³/mol. The third-order valence-electron chi connectivity index (χ3n) is 2.93. The van der Waals surface area contributed by atoms with Crippen LogP contribution in [0.25, 0.3) is 0 Å². The summed E-state index contributed by atoms with van der Waals surface area (Å²) >= 11 is 0. The topological polar surface area (TPSA) is 79.1 Å². The van der Waals surface area contributed by atoms with Crippen molar-refractivity contribution in [1.29, 1.82) is 0 Å². The first-order chi connectivity index (χ1) is 7.84. The van der Waals surface area contributed by atoms with E-state index >= 15 is 0 Å². The first-order valence-electron chi connectivity index (χ1n) is 5.88. The lowest BCUT2D eigenvalue weighted by Gasteiger charge is -2.11. The molecule has 0 radical (unpaired) electrons. The van der Waals surface area contributed by atoms with E-state index in [-0.39, 0.29) is 0 Å². The van der Waals surface area contributed by atoms with Crippen molar-refractivity contribution in [2.45, 2.75) is 38.1 Å². The Bertz CT molecular complexity index is 324. The summed E-state index contributed by atoms with van der Waals surface area (Å²) in [5.41, 5.74) is 6.90. The number of H-pyrrole nitrogens is 1. The van der Waals surface area contributed by atoms with E-state index in [4.69, 9.17) is 5.73 Å². The first kappa shape index (κ1) is 11.0. The molecule has 1 aromatic heterocycles. The normalized spacial score (nSPS) is 17.9. The second-order valence-electron chi connectivity index (χ2n) is 4.22. The maximum Gasteiger partial charge on any atom is 0.188 e. The van der Waals surface area contributed by atoms with Gasteiger partial charge in [-0.2, -0.15) is 0 Å². The summed E-state index contributed by atoms with van der Waals surface area (Å²) < 4.78 is 0. The predicted octanol–water partition coefficient (Wildman–Crippen LogP) is 0.799. The van der Waals surface area contributed by atoms with Crippen molar-refractivity contribution in [3.63, 3.8) is 0 Å². The number of nitrogens with one attached hydrogen (secondary N) is 2. The fraction of sp³-hybridized carbons (Fsp3) is 0.636. The zero-order valence-corrected chi connectivity index (χ0v) is 9.45. The standard InChI is InChI=1S/C11H19N5/c12-11(16-9-3-1-2-4-9)14-6-5-10-7-13-8-15-10/h7-9H,1-6H2,(H,13,15)(H3,12,14,16). The molecule has 0 bridgehead atoms. The van der Waals surface area contributed by atoms with Gasteiger partial charge in [0.1, 0.15) is 0 Å². The molecule has 0 atom stereocenters. The first-order valence-corrected chi connectivity index (χ1v) is 5.88. The minimum Gasteiger partial charge on any atom is -0.370 e. The molecule has 0 saturated heterocycles. The zero-order chi connectivity index (χ0) is 11.2. The van der Waals surface area contributed by atoms with Gasteiger partial charge in [-0.1, -0.05) is 12.8 Å². The van der Waals surface area contributed by atoms with Crippen molar-refractivity contribution in [3.05, 3.63) is 18.2 Å². The minimum atomic E-state index is 0.538. The molecular formula is C11H19N5. The van der Waals surface area contributed by atoms with Gasteiger partial charge in [-0.3, -0.25) is 4.99 Å². The van der Waals surface area contributed by atoms with Crippen LogP contribution in [0.15, 0.2) is 17.5 Å². The van der Waals surface area contributed by atoms with Gasteiger partial charge < -0.3 is 16.0 Å². The van der Waals surface area contributed by atoms with Crippen LogP contribution in [0.3, 0.4) is 0 Å². The highest BCUT2D eigenvalue weighted by Crippen LogP contribution is 2.17. The Morgan fingerprint density at radius 1 is 1.56 bits per heavy atom. The van der Waals surface area contributed by atoms with Gasteiger partial charge in [0.25, 0.3) is 0 Å². The summed E-state index contributed by atoms with van der Waals surface area (Å²) in [5, 5.41) is 3.26. The van der Waals surface area contributed by atoms with Crippen LogP contribution in [0.5, 0.6) is 0 Å². The molecule has 1 heterocycles. The molecule has 2 rings (SSSR count). The van der Waals surface area contributed by atoms with Crippen LogP contribution in [-0.2, 0) is 6.42 Å². The van der Waals surface area contributed by atoms with Gasteiger partial charge in [0.15, 0.2) is 5.96 Å². The third-order valence-corrected chi connectivity index (χ3v) is 2.93. The highest BCUT2D eigenvalue weighted by atomic mass is 15.1. The Hall–Kier alpha value is -1.52. The van der Waals surface area contributed by atoms with Gasteiger partial charge in [-0.15, -0.1) is 0 Å². The molecule has 5 heteroatoms. The quantitative estimate of drug-likeness (QED) is 0.519. The molecule has 0 aromatic carbocycles. The molecule has 0 aliphatic heterocycles. The number of aromatic amines is 1. The number of guanidine groups is 1. The summed E-state index contributed by atoms with van der Waals surface area (Å²) in [6.07, 6.45) is 9.40. The van der Waals surface area contributed by atoms with E-state index in [1.165, 1.54) is 25.7 Å². The van der Waals surface area contributed by atoms with E-state index in [1.54, 1.807) is 6.33 Å². The van der Waals surface area contributed by atoms with Crippen LogP contribution in [-0.4, -0.2) is 28.5 Å². The second kappa shape index (κ2) is 5.53. The van der Waals surface area contributed by atoms with E-state index in [2.05, 4.69) is 20.3 Å². The second-order valence-corrected chi connectivity index (χ2v) is 4.22. The van der Waals surface area contributed by atoms with Crippen molar-refractivity contribution >= 4 is 5.96 Å². The van der Waals surface area contributed by atoms with Crippen molar-refractivity contribution in [3.8, 4) is 0 Å². The fourth-order valence-electron chi connectivity index (χ4n) is 2.04.